The highest BCUT2D eigenvalue weighted by Crippen LogP contribution is 2.27. The number of hydrogen-bond donors (Lipinski definition) is 0. The summed E-state index contributed by atoms with van der Waals surface area (Å²) < 4.78 is 0. The predicted octanol–water partition coefficient (Wildman–Crippen LogP) is 1.36. The normalized spacial score (nSPS) is 12.4. The zero-order chi connectivity index (χ0) is 14.8. The van der Waals surface area contributed by atoms with Gasteiger partial charge in [-0.1, -0.05) is 34.6 Å². The summed E-state index contributed by atoms with van der Waals surface area (Å²) in [6.07, 6.45) is 0. The van der Waals surface area contributed by atoms with Crippen LogP contribution < -0.4 is 15.8 Å². The third-order valence-electron chi connectivity index (χ3n) is 3.66. The summed E-state index contributed by atoms with van der Waals surface area (Å²) in [5.74, 6) is 0. The molecule has 4 nitrogen and oxygen atoms in total. The zero-order valence-electron chi connectivity index (χ0n) is 13.0. The molecule has 19 heavy (non-hydrogen) atoms. The molecule has 0 saturated heterocycles. The lowest BCUT2D eigenvalue weighted by molar-refractivity contribution is 0.310. The van der Waals surface area contributed by atoms with E-state index in [0.717, 1.165) is 26.2 Å². The molecule has 0 spiro atoms. The fraction of sp³-hybridized carbons (Fsp3) is 0.733. The van der Waals surface area contributed by atoms with Gasteiger partial charge in [0, 0.05) is 25.7 Å². The van der Waals surface area contributed by atoms with Gasteiger partial charge in [-0.05, 0) is 18.5 Å². The minimum absolute atomic E-state index is 0.260. The highest BCUT2D eigenvalue weighted by atomic mass is 16.2. The molecule has 0 aliphatic rings. The number of rotatable bonds is 6. The van der Waals surface area contributed by atoms with Crippen LogP contribution in [0.25, 0.3) is 0 Å². The van der Waals surface area contributed by atoms with Gasteiger partial charge in [0.1, 0.15) is 0 Å². The van der Waals surface area contributed by atoms with Gasteiger partial charge in [0.05, 0.1) is 5.69 Å². The molecule has 0 aromatic heterocycles. The maximum atomic E-state index is 11.8. The van der Waals surface area contributed by atoms with Crippen LogP contribution in [-0.4, -0.2) is 38.1 Å². The molecule has 0 radical (unpaired) electrons. The number of anilines is 1. The largest absolute Gasteiger partial charge is 0.370 e. The maximum absolute atomic E-state index is 11.8. The van der Waals surface area contributed by atoms with Crippen molar-refractivity contribution in [3.05, 3.63) is 26.0 Å². The summed E-state index contributed by atoms with van der Waals surface area (Å²) in [5, 5.41) is 0. The van der Waals surface area contributed by atoms with E-state index in [1.165, 1.54) is 0 Å². The van der Waals surface area contributed by atoms with Crippen LogP contribution in [0.3, 0.4) is 0 Å². The first-order valence-electron chi connectivity index (χ1n) is 7.01. The van der Waals surface area contributed by atoms with E-state index in [4.69, 9.17) is 0 Å². The summed E-state index contributed by atoms with van der Waals surface area (Å²) in [5.41, 5.74) is 0.400. The Kier molecular flexibility index (Phi) is 4.91. The Morgan fingerprint density at radius 1 is 0.947 bits per heavy atom. The van der Waals surface area contributed by atoms with Crippen LogP contribution >= 0.6 is 0 Å². The standard InChI is InChI=1S/C15H26N2O2/c1-7-17(8-2)10-9-16(6)12-11(15(3,4)5)13(18)14(12)19/h7-10H2,1-6H3. The van der Waals surface area contributed by atoms with Crippen molar-refractivity contribution in [1.29, 1.82) is 0 Å². The second-order valence-corrected chi connectivity index (χ2v) is 6.08. The SMILES string of the molecule is CCN(CC)CCN(C)c1c(C(C)(C)C)c(=O)c1=O. The molecule has 1 rings (SSSR count). The van der Waals surface area contributed by atoms with E-state index < -0.39 is 0 Å². The van der Waals surface area contributed by atoms with Crippen molar-refractivity contribution in [2.75, 3.05) is 38.1 Å². The molecule has 108 valence electrons. The Morgan fingerprint density at radius 2 is 1.47 bits per heavy atom. The van der Waals surface area contributed by atoms with Gasteiger partial charge in [0.25, 0.3) is 0 Å². The molecule has 0 aliphatic heterocycles. The molecule has 0 aliphatic carbocycles. The summed E-state index contributed by atoms with van der Waals surface area (Å²) in [7, 11) is 1.90. The Balaban J connectivity index is 2.85. The van der Waals surface area contributed by atoms with E-state index in [2.05, 4.69) is 18.7 Å². The fourth-order valence-electron chi connectivity index (χ4n) is 2.38. The van der Waals surface area contributed by atoms with Crippen molar-refractivity contribution < 1.29 is 0 Å². The quantitative estimate of drug-likeness (QED) is 0.729. The van der Waals surface area contributed by atoms with Crippen molar-refractivity contribution in [3.63, 3.8) is 0 Å². The van der Waals surface area contributed by atoms with Gasteiger partial charge >= 0.3 is 0 Å². The molecule has 1 aromatic carbocycles. The molecule has 4 heteroatoms. The molecule has 0 unspecified atom stereocenters. The minimum atomic E-state index is -0.327. The topological polar surface area (TPSA) is 40.6 Å². The molecule has 0 saturated carbocycles. The van der Waals surface area contributed by atoms with Crippen molar-refractivity contribution >= 4 is 5.69 Å². The first kappa shape index (κ1) is 15.9. The van der Waals surface area contributed by atoms with E-state index in [1.807, 2.05) is 32.7 Å². The fourth-order valence-corrected chi connectivity index (χ4v) is 2.38. The van der Waals surface area contributed by atoms with E-state index in [9.17, 15) is 9.59 Å². The van der Waals surface area contributed by atoms with Gasteiger partial charge in [-0.2, -0.15) is 0 Å². The first-order valence-corrected chi connectivity index (χ1v) is 7.01. The van der Waals surface area contributed by atoms with Gasteiger partial charge < -0.3 is 9.80 Å². The van der Waals surface area contributed by atoms with E-state index in [-0.39, 0.29) is 16.3 Å². The molecule has 0 amide bonds. The summed E-state index contributed by atoms with van der Waals surface area (Å²) in [4.78, 5) is 27.7. The van der Waals surface area contributed by atoms with Crippen LogP contribution in [0.4, 0.5) is 5.69 Å². The molecule has 0 atom stereocenters. The third kappa shape index (κ3) is 3.24. The monoisotopic (exact) mass is 266 g/mol. The second-order valence-electron chi connectivity index (χ2n) is 6.08. The number of likely N-dealkylation sites (N-methyl/N-ethyl adjacent to an activating group) is 2. The molecule has 0 N–H and O–H groups in total. The Bertz CT molecular complexity index is 489. The van der Waals surface area contributed by atoms with Crippen LogP contribution in [0, 0.1) is 0 Å². The Morgan fingerprint density at radius 3 is 1.89 bits per heavy atom. The van der Waals surface area contributed by atoms with Crippen molar-refractivity contribution in [3.8, 4) is 0 Å². The average Bonchev–Trinajstić information content (AvgIpc) is 2.33. The van der Waals surface area contributed by atoms with Crippen molar-refractivity contribution in [1.82, 2.24) is 4.90 Å². The molecular formula is C15H26N2O2. The third-order valence-corrected chi connectivity index (χ3v) is 3.66. The maximum Gasteiger partial charge on any atom is 0.249 e. The Labute approximate surface area is 115 Å². The molecule has 0 heterocycles. The molecular weight excluding hydrogens is 240 g/mol. The van der Waals surface area contributed by atoms with Gasteiger partial charge in [-0.25, -0.2) is 0 Å². The average molecular weight is 266 g/mol. The number of hydrogen-bond acceptors (Lipinski definition) is 4. The first-order chi connectivity index (χ1) is 8.73. The lowest BCUT2D eigenvalue weighted by Gasteiger charge is -2.30. The predicted molar refractivity (Wildman–Crippen MR) is 81.1 cm³/mol. The van der Waals surface area contributed by atoms with E-state index >= 15 is 0 Å². The molecule has 1 aromatic rings. The summed E-state index contributed by atoms with van der Waals surface area (Å²) in [6, 6.07) is 0. The van der Waals surface area contributed by atoms with E-state index in [1.54, 1.807) is 0 Å². The highest BCUT2D eigenvalue weighted by molar-refractivity contribution is 5.60. The lowest BCUT2D eigenvalue weighted by atomic mass is 9.82. The van der Waals surface area contributed by atoms with Gasteiger partial charge in [-0.3, -0.25) is 9.59 Å². The minimum Gasteiger partial charge on any atom is -0.370 e. The Hall–Kier alpha value is -1.16. The number of nitrogens with zero attached hydrogens (tertiary/aromatic N) is 2. The van der Waals surface area contributed by atoms with E-state index in [0.29, 0.717) is 11.3 Å². The van der Waals surface area contributed by atoms with Crippen LogP contribution in [-0.2, 0) is 5.41 Å². The van der Waals surface area contributed by atoms with Crippen LogP contribution in [0.2, 0.25) is 0 Å². The van der Waals surface area contributed by atoms with Crippen LogP contribution in [0.15, 0.2) is 9.59 Å². The highest BCUT2D eigenvalue weighted by Gasteiger charge is 2.32. The van der Waals surface area contributed by atoms with Crippen LogP contribution in [0.1, 0.15) is 40.2 Å². The smallest absolute Gasteiger partial charge is 0.249 e. The zero-order valence-corrected chi connectivity index (χ0v) is 13.0. The molecule has 0 fully saturated rings. The van der Waals surface area contributed by atoms with Crippen molar-refractivity contribution in [2.45, 2.75) is 40.0 Å². The second kappa shape index (κ2) is 5.87. The van der Waals surface area contributed by atoms with Gasteiger partial charge in [-0.15, -0.1) is 0 Å². The van der Waals surface area contributed by atoms with Crippen molar-refractivity contribution in [2.24, 2.45) is 0 Å². The van der Waals surface area contributed by atoms with Gasteiger partial charge in [0.15, 0.2) is 0 Å². The summed E-state index contributed by atoms with van der Waals surface area (Å²) >= 11 is 0. The lowest BCUT2D eigenvalue weighted by Crippen LogP contribution is -2.47. The summed E-state index contributed by atoms with van der Waals surface area (Å²) in [6.45, 7) is 13.9. The van der Waals surface area contributed by atoms with Crippen LogP contribution in [0.5, 0.6) is 0 Å². The molecule has 0 bridgehead atoms. The van der Waals surface area contributed by atoms with Gasteiger partial charge in [0.2, 0.25) is 10.9 Å².